The molecule has 0 spiro atoms. The van der Waals surface area contributed by atoms with E-state index in [1.807, 2.05) is 25.1 Å². The van der Waals surface area contributed by atoms with E-state index in [0.717, 1.165) is 16.3 Å². The van der Waals surface area contributed by atoms with Crippen LogP contribution in [0.25, 0.3) is 0 Å². The lowest BCUT2D eigenvalue weighted by molar-refractivity contribution is -0.0543. The molecule has 1 fully saturated rings. The zero-order valence-electron chi connectivity index (χ0n) is 10.0. The number of benzene rings is 1. The second-order valence-corrected chi connectivity index (χ2v) is 5.06. The Bertz CT molecular complexity index is 389. The van der Waals surface area contributed by atoms with Gasteiger partial charge in [0.2, 0.25) is 0 Å². The Morgan fingerprint density at radius 2 is 2.12 bits per heavy atom. The number of halogens is 1. The predicted octanol–water partition coefficient (Wildman–Crippen LogP) is 2.60. The van der Waals surface area contributed by atoms with Crippen molar-refractivity contribution in [1.82, 2.24) is 0 Å². The van der Waals surface area contributed by atoms with Crippen molar-refractivity contribution in [3.05, 3.63) is 28.8 Å². The van der Waals surface area contributed by atoms with E-state index in [0.29, 0.717) is 32.6 Å². The summed E-state index contributed by atoms with van der Waals surface area (Å²) in [6, 6.07) is 5.84. The molecule has 2 N–H and O–H groups in total. The van der Waals surface area contributed by atoms with Crippen LogP contribution in [0.4, 0.5) is 5.69 Å². The van der Waals surface area contributed by atoms with Gasteiger partial charge in [-0.05, 0) is 24.6 Å². The minimum atomic E-state index is -0.657. The maximum absolute atomic E-state index is 10.3. The zero-order chi connectivity index (χ0) is 12.3. The second-order valence-electron chi connectivity index (χ2n) is 4.65. The predicted molar refractivity (Wildman–Crippen MR) is 69.7 cm³/mol. The standard InChI is InChI=1S/C13H18ClNO2/c1-10-2-3-11(8-12(10)14)15-9-13(16)4-6-17-7-5-13/h2-3,8,15-16H,4-7,9H2,1H3. The summed E-state index contributed by atoms with van der Waals surface area (Å²) in [4.78, 5) is 0. The smallest absolute Gasteiger partial charge is 0.0863 e. The maximum Gasteiger partial charge on any atom is 0.0863 e. The summed E-state index contributed by atoms with van der Waals surface area (Å²) >= 11 is 6.05. The van der Waals surface area contributed by atoms with E-state index in [1.165, 1.54) is 0 Å². The van der Waals surface area contributed by atoms with Gasteiger partial charge in [-0.15, -0.1) is 0 Å². The second kappa shape index (κ2) is 5.25. The first kappa shape index (κ1) is 12.7. The fourth-order valence-corrected chi connectivity index (χ4v) is 2.08. The molecule has 1 aliphatic rings. The van der Waals surface area contributed by atoms with Crippen molar-refractivity contribution < 1.29 is 9.84 Å². The van der Waals surface area contributed by atoms with E-state index in [4.69, 9.17) is 16.3 Å². The van der Waals surface area contributed by atoms with Gasteiger partial charge in [-0.3, -0.25) is 0 Å². The summed E-state index contributed by atoms with van der Waals surface area (Å²) in [5, 5.41) is 14.3. The van der Waals surface area contributed by atoms with Crippen molar-refractivity contribution in [3.63, 3.8) is 0 Å². The quantitative estimate of drug-likeness (QED) is 0.872. The van der Waals surface area contributed by atoms with Gasteiger partial charge in [0.15, 0.2) is 0 Å². The zero-order valence-corrected chi connectivity index (χ0v) is 10.8. The molecule has 3 nitrogen and oxygen atoms in total. The molecule has 1 aromatic carbocycles. The highest BCUT2D eigenvalue weighted by Gasteiger charge is 2.29. The molecule has 0 unspecified atom stereocenters. The van der Waals surface area contributed by atoms with Crippen molar-refractivity contribution in [1.29, 1.82) is 0 Å². The number of hydrogen-bond acceptors (Lipinski definition) is 3. The Labute approximate surface area is 107 Å². The lowest BCUT2D eigenvalue weighted by Crippen LogP contribution is -2.42. The molecule has 0 saturated carbocycles. The van der Waals surface area contributed by atoms with Crippen LogP contribution in [0.3, 0.4) is 0 Å². The maximum atomic E-state index is 10.3. The number of nitrogens with one attached hydrogen (secondary N) is 1. The number of ether oxygens (including phenoxy) is 1. The highest BCUT2D eigenvalue weighted by atomic mass is 35.5. The van der Waals surface area contributed by atoms with E-state index in [2.05, 4.69) is 5.32 Å². The molecule has 17 heavy (non-hydrogen) atoms. The Morgan fingerprint density at radius 3 is 2.76 bits per heavy atom. The van der Waals surface area contributed by atoms with Crippen LogP contribution in [-0.4, -0.2) is 30.5 Å². The Balaban J connectivity index is 1.94. The van der Waals surface area contributed by atoms with Crippen molar-refractivity contribution in [3.8, 4) is 0 Å². The monoisotopic (exact) mass is 255 g/mol. The molecule has 1 aliphatic heterocycles. The first-order chi connectivity index (χ1) is 8.09. The molecule has 1 saturated heterocycles. The molecule has 0 aromatic heterocycles. The molecular weight excluding hydrogens is 238 g/mol. The summed E-state index contributed by atoms with van der Waals surface area (Å²) in [5.41, 5.74) is 1.35. The van der Waals surface area contributed by atoms with Crippen molar-refractivity contribution in [2.45, 2.75) is 25.4 Å². The molecular formula is C13H18ClNO2. The van der Waals surface area contributed by atoms with Crippen molar-refractivity contribution >= 4 is 17.3 Å². The Hall–Kier alpha value is -0.770. The van der Waals surface area contributed by atoms with Crippen LogP contribution in [0, 0.1) is 6.92 Å². The normalized spacial score (nSPS) is 19.0. The largest absolute Gasteiger partial charge is 0.388 e. The fourth-order valence-electron chi connectivity index (χ4n) is 1.90. The van der Waals surface area contributed by atoms with Crippen LogP contribution in [0.15, 0.2) is 18.2 Å². The number of rotatable bonds is 3. The Morgan fingerprint density at radius 1 is 1.41 bits per heavy atom. The third-order valence-corrected chi connectivity index (χ3v) is 3.62. The first-order valence-corrected chi connectivity index (χ1v) is 6.27. The first-order valence-electron chi connectivity index (χ1n) is 5.89. The lowest BCUT2D eigenvalue weighted by Gasteiger charge is -2.32. The van der Waals surface area contributed by atoms with Gasteiger partial charge < -0.3 is 15.2 Å². The molecule has 4 heteroatoms. The minimum Gasteiger partial charge on any atom is -0.388 e. The van der Waals surface area contributed by atoms with Crippen LogP contribution < -0.4 is 5.32 Å². The summed E-state index contributed by atoms with van der Waals surface area (Å²) in [6.45, 7) is 3.77. The summed E-state index contributed by atoms with van der Waals surface area (Å²) in [6.07, 6.45) is 1.36. The molecule has 0 radical (unpaired) electrons. The summed E-state index contributed by atoms with van der Waals surface area (Å²) in [5.74, 6) is 0. The molecule has 0 amide bonds. The minimum absolute atomic E-state index is 0.537. The third kappa shape index (κ3) is 3.35. The third-order valence-electron chi connectivity index (χ3n) is 3.22. The van der Waals surface area contributed by atoms with Gasteiger partial charge in [0.1, 0.15) is 0 Å². The highest BCUT2D eigenvalue weighted by Crippen LogP contribution is 2.23. The van der Waals surface area contributed by atoms with E-state index < -0.39 is 5.60 Å². The van der Waals surface area contributed by atoms with E-state index in [9.17, 15) is 5.11 Å². The topological polar surface area (TPSA) is 41.5 Å². The summed E-state index contributed by atoms with van der Waals surface area (Å²) < 4.78 is 5.24. The van der Waals surface area contributed by atoms with Gasteiger partial charge in [-0.2, -0.15) is 0 Å². The molecule has 1 heterocycles. The number of aliphatic hydroxyl groups is 1. The number of aryl methyl sites for hydroxylation is 1. The molecule has 0 atom stereocenters. The van der Waals surface area contributed by atoms with E-state index >= 15 is 0 Å². The van der Waals surface area contributed by atoms with Gasteiger partial charge in [0.25, 0.3) is 0 Å². The van der Waals surface area contributed by atoms with E-state index in [1.54, 1.807) is 0 Å². The number of hydrogen-bond donors (Lipinski definition) is 2. The molecule has 0 aliphatic carbocycles. The van der Waals surface area contributed by atoms with Crippen LogP contribution in [0.2, 0.25) is 5.02 Å². The fraction of sp³-hybridized carbons (Fsp3) is 0.538. The van der Waals surface area contributed by atoms with Gasteiger partial charge in [0, 0.05) is 43.3 Å². The van der Waals surface area contributed by atoms with Crippen LogP contribution in [-0.2, 0) is 4.74 Å². The van der Waals surface area contributed by atoms with Crippen molar-refractivity contribution in [2.75, 3.05) is 25.1 Å². The number of anilines is 1. The van der Waals surface area contributed by atoms with Crippen molar-refractivity contribution in [2.24, 2.45) is 0 Å². The van der Waals surface area contributed by atoms with Crippen LogP contribution >= 0.6 is 11.6 Å². The Kier molecular flexibility index (Phi) is 3.92. The van der Waals surface area contributed by atoms with Gasteiger partial charge in [-0.25, -0.2) is 0 Å². The van der Waals surface area contributed by atoms with Gasteiger partial charge >= 0.3 is 0 Å². The molecule has 1 aromatic rings. The van der Waals surface area contributed by atoms with Gasteiger partial charge in [-0.1, -0.05) is 17.7 Å². The lowest BCUT2D eigenvalue weighted by atomic mass is 9.94. The highest BCUT2D eigenvalue weighted by molar-refractivity contribution is 6.31. The molecule has 94 valence electrons. The molecule has 2 rings (SSSR count). The summed E-state index contributed by atoms with van der Waals surface area (Å²) in [7, 11) is 0. The SMILES string of the molecule is Cc1ccc(NCC2(O)CCOCC2)cc1Cl. The average Bonchev–Trinajstić information content (AvgIpc) is 2.32. The average molecular weight is 256 g/mol. The van der Waals surface area contributed by atoms with E-state index in [-0.39, 0.29) is 0 Å². The van der Waals surface area contributed by atoms with Crippen LogP contribution in [0.5, 0.6) is 0 Å². The van der Waals surface area contributed by atoms with Gasteiger partial charge in [0.05, 0.1) is 5.60 Å². The molecule has 0 bridgehead atoms. The van der Waals surface area contributed by atoms with Crippen LogP contribution in [0.1, 0.15) is 18.4 Å².